The summed E-state index contributed by atoms with van der Waals surface area (Å²) in [5.74, 6) is 4.22. The molecular weight excluding hydrogens is 789 g/mol. The van der Waals surface area contributed by atoms with Gasteiger partial charge < -0.3 is 9.47 Å². The number of benzene rings is 1. The van der Waals surface area contributed by atoms with Gasteiger partial charge in [0.05, 0.1) is 13.2 Å². The minimum atomic E-state index is 0.331. The van der Waals surface area contributed by atoms with Gasteiger partial charge in [-0.1, -0.05) is 214 Å². The first-order valence-electron chi connectivity index (χ1n) is 28.2. The highest BCUT2D eigenvalue weighted by Gasteiger charge is 2.15. The molecule has 0 bridgehead atoms. The predicted octanol–water partition coefficient (Wildman–Crippen LogP) is 18.6. The zero-order valence-corrected chi connectivity index (χ0v) is 43.3. The maximum Gasteiger partial charge on any atom is 0.133 e. The van der Waals surface area contributed by atoms with Gasteiger partial charge in [0.2, 0.25) is 0 Å². The molecule has 0 aliphatic carbocycles. The number of ether oxygens (including phenoxy) is 2. The maximum atomic E-state index is 13.1. The summed E-state index contributed by atoms with van der Waals surface area (Å²) in [5, 5.41) is 0. The Labute approximate surface area is 397 Å². The Morgan fingerprint density at radius 1 is 0.422 bits per heavy atom. The largest absolute Gasteiger partial charge is 0.494 e. The summed E-state index contributed by atoms with van der Waals surface area (Å²) < 4.78 is 12.5. The standard InChI is InChI=1S/C59H106O5/c1-6-9-12-15-18-19-24-31-40-55(60)41-32-25-20-27-34-48-63-58-46-47-59(54(51-58)44-45-56(61)43-36-37-52(4)5)64-49-35-28-21-26-33-42-57(62)50-53(38-29-22-16-13-10-7-2)39-30-23-17-14-11-8-3/h46-47,51-53H,6-45,48-50H2,1-5H3. The highest BCUT2D eigenvalue weighted by atomic mass is 16.5. The Morgan fingerprint density at radius 3 is 1.33 bits per heavy atom. The maximum absolute atomic E-state index is 13.1. The Bertz CT molecular complexity index is 1210. The van der Waals surface area contributed by atoms with Gasteiger partial charge in [0, 0.05) is 38.5 Å². The quantitative estimate of drug-likeness (QED) is 0.0610. The van der Waals surface area contributed by atoms with Gasteiger partial charge in [-0.15, -0.1) is 0 Å². The first-order chi connectivity index (χ1) is 31.3. The fourth-order valence-corrected chi connectivity index (χ4v) is 9.15. The van der Waals surface area contributed by atoms with E-state index in [1.165, 1.54) is 135 Å². The van der Waals surface area contributed by atoms with Crippen LogP contribution in [-0.2, 0) is 20.8 Å². The van der Waals surface area contributed by atoms with Crippen LogP contribution in [0.3, 0.4) is 0 Å². The van der Waals surface area contributed by atoms with E-state index in [1.807, 2.05) is 12.1 Å². The van der Waals surface area contributed by atoms with Crippen molar-refractivity contribution in [1.82, 2.24) is 0 Å². The van der Waals surface area contributed by atoms with Gasteiger partial charge in [-0.2, -0.15) is 0 Å². The van der Waals surface area contributed by atoms with E-state index in [1.54, 1.807) is 0 Å². The van der Waals surface area contributed by atoms with Crippen molar-refractivity contribution in [3.63, 3.8) is 0 Å². The van der Waals surface area contributed by atoms with Crippen LogP contribution in [0.4, 0.5) is 0 Å². The fourth-order valence-electron chi connectivity index (χ4n) is 9.15. The molecule has 1 aromatic carbocycles. The van der Waals surface area contributed by atoms with Crippen molar-refractivity contribution >= 4 is 17.3 Å². The summed E-state index contributed by atoms with van der Waals surface area (Å²) in [5.41, 5.74) is 1.07. The van der Waals surface area contributed by atoms with Crippen molar-refractivity contribution in [1.29, 1.82) is 0 Å². The van der Waals surface area contributed by atoms with Crippen molar-refractivity contribution < 1.29 is 23.9 Å². The zero-order chi connectivity index (χ0) is 46.6. The van der Waals surface area contributed by atoms with Crippen LogP contribution in [0, 0.1) is 11.8 Å². The topological polar surface area (TPSA) is 69.7 Å². The van der Waals surface area contributed by atoms with Crippen LogP contribution in [0.1, 0.15) is 297 Å². The molecule has 0 unspecified atom stereocenters. The molecule has 0 amide bonds. The van der Waals surface area contributed by atoms with Gasteiger partial charge in [-0.25, -0.2) is 0 Å². The van der Waals surface area contributed by atoms with Crippen LogP contribution < -0.4 is 9.47 Å². The highest BCUT2D eigenvalue weighted by molar-refractivity contribution is 5.79. The molecule has 0 aromatic heterocycles. The summed E-state index contributed by atoms with van der Waals surface area (Å²) in [7, 11) is 0. The van der Waals surface area contributed by atoms with E-state index in [0.29, 0.717) is 61.7 Å². The number of Topliss-reactive ketones (excluding diaryl/α,β-unsaturated/α-hetero) is 3. The van der Waals surface area contributed by atoms with Gasteiger partial charge in [0.25, 0.3) is 0 Å². The second kappa shape index (κ2) is 44.7. The Hall–Kier alpha value is -2.17. The molecule has 1 aromatic rings. The number of hydrogen-bond acceptors (Lipinski definition) is 5. The SMILES string of the molecule is CCCCCCCCCCC(=O)CCCCCCCOc1ccc(OCCCCCCCC(=O)CC(CCCCCCCC)CCCCCCCC)c(CCC(=O)CCCC(C)C)c1. The summed E-state index contributed by atoms with van der Waals surface area (Å²) >= 11 is 0. The Morgan fingerprint density at radius 2 is 0.828 bits per heavy atom. The highest BCUT2D eigenvalue weighted by Crippen LogP contribution is 2.28. The minimum absolute atomic E-state index is 0.331. The van der Waals surface area contributed by atoms with Gasteiger partial charge in [0.15, 0.2) is 0 Å². The van der Waals surface area contributed by atoms with Crippen molar-refractivity contribution in [2.24, 2.45) is 11.8 Å². The lowest BCUT2D eigenvalue weighted by Gasteiger charge is -2.16. The Balaban J connectivity index is 2.43. The number of hydrogen-bond donors (Lipinski definition) is 0. The van der Waals surface area contributed by atoms with Crippen LogP contribution in [0.25, 0.3) is 0 Å². The van der Waals surface area contributed by atoms with Gasteiger partial charge >= 0.3 is 0 Å². The molecule has 0 aliphatic rings. The van der Waals surface area contributed by atoms with Crippen LogP contribution in [0.5, 0.6) is 11.5 Å². The van der Waals surface area contributed by atoms with Crippen molar-refractivity contribution in [3.05, 3.63) is 23.8 Å². The van der Waals surface area contributed by atoms with Crippen molar-refractivity contribution in [2.45, 2.75) is 298 Å². The molecule has 0 spiro atoms. The smallest absolute Gasteiger partial charge is 0.133 e. The summed E-state index contributed by atoms with van der Waals surface area (Å²) in [4.78, 5) is 38.2. The number of aryl methyl sites for hydroxylation is 1. The van der Waals surface area contributed by atoms with Gasteiger partial charge in [-0.05, 0) is 80.5 Å². The number of carbonyl (C=O) groups excluding carboxylic acids is 3. The van der Waals surface area contributed by atoms with Gasteiger partial charge in [-0.3, -0.25) is 14.4 Å². The number of carbonyl (C=O) groups is 3. The Kier molecular flexibility index (Phi) is 41.8. The molecule has 5 nitrogen and oxygen atoms in total. The summed E-state index contributed by atoms with van der Waals surface area (Å²) in [6.45, 7) is 12.6. The summed E-state index contributed by atoms with van der Waals surface area (Å²) in [6, 6.07) is 6.15. The molecule has 0 N–H and O–H groups in total. The lowest BCUT2D eigenvalue weighted by atomic mass is 9.89. The third-order valence-corrected chi connectivity index (χ3v) is 13.4. The van der Waals surface area contributed by atoms with E-state index in [9.17, 15) is 14.4 Å². The fraction of sp³-hybridized carbons (Fsp3) is 0.847. The summed E-state index contributed by atoms with van der Waals surface area (Å²) in [6.07, 6.45) is 46.4. The van der Waals surface area contributed by atoms with E-state index in [2.05, 4.69) is 40.7 Å². The molecule has 1 rings (SSSR count). The van der Waals surface area contributed by atoms with E-state index >= 15 is 0 Å². The van der Waals surface area contributed by atoms with Crippen molar-refractivity contribution in [3.8, 4) is 11.5 Å². The normalized spacial score (nSPS) is 11.5. The molecule has 0 aliphatic heterocycles. The van der Waals surface area contributed by atoms with E-state index in [-0.39, 0.29) is 0 Å². The van der Waals surface area contributed by atoms with E-state index < -0.39 is 0 Å². The molecule has 0 atom stereocenters. The third-order valence-electron chi connectivity index (χ3n) is 13.4. The average molecular weight is 895 g/mol. The third kappa shape index (κ3) is 38.0. The molecule has 0 heterocycles. The minimum Gasteiger partial charge on any atom is -0.494 e. The lowest BCUT2D eigenvalue weighted by molar-refractivity contribution is -0.120. The molecule has 0 fully saturated rings. The van der Waals surface area contributed by atoms with Gasteiger partial charge in [0.1, 0.15) is 28.8 Å². The monoisotopic (exact) mass is 895 g/mol. The second-order valence-electron chi connectivity index (χ2n) is 20.3. The van der Waals surface area contributed by atoms with Crippen LogP contribution >= 0.6 is 0 Å². The molecule has 5 heteroatoms. The molecule has 0 saturated heterocycles. The number of unbranched alkanes of at least 4 members (excludes halogenated alkanes) is 25. The molecule has 0 saturated carbocycles. The van der Waals surface area contributed by atoms with Crippen LogP contribution in [0.2, 0.25) is 0 Å². The van der Waals surface area contributed by atoms with E-state index in [0.717, 1.165) is 126 Å². The molecule has 0 radical (unpaired) electrons. The zero-order valence-electron chi connectivity index (χ0n) is 43.3. The number of ketones is 3. The lowest BCUT2D eigenvalue weighted by Crippen LogP contribution is -2.09. The first kappa shape index (κ1) is 59.8. The van der Waals surface area contributed by atoms with Crippen LogP contribution in [0.15, 0.2) is 18.2 Å². The molecule has 372 valence electrons. The second-order valence-corrected chi connectivity index (χ2v) is 20.3. The van der Waals surface area contributed by atoms with Crippen LogP contribution in [-0.4, -0.2) is 30.6 Å². The number of rotatable bonds is 50. The average Bonchev–Trinajstić information content (AvgIpc) is 3.28. The van der Waals surface area contributed by atoms with Crippen molar-refractivity contribution in [2.75, 3.05) is 13.2 Å². The predicted molar refractivity (Wildman–Crippen MR) is 276 cm³/mol. The molecular formula is C59H106O5. The molecule has 64 heavy (non-hydrogen) atoms. The van der Waals surface area contributed by atoms with E-state index in [4.69, 9.17) is 9.47 Å². The first-order valence-corrected chi connectivity index (χ1v) is 28.2.